The summed E-state index contributed by atoms with van der Waals surface area (Å²) in [4.78, 5) is 12.6. The second-order valence-electron chi connectivity index (χ2n) is 6.87. The summed E-state index contributed by atoms with van der Waals surface area (Å²) in [6.07, 6.45) is 0. The molecule has 3 aromatic carbocycles. The number of carbonyl (C=O) groups excluding carboxylic acids is 1. The third kappa shape index (κ3) is 4.96. The summed E-state index contributed by atoms with van der Waals surface area (Å²) in [7, 11) is -3.78. The van der Waals surface area contributed by atoms with Crippen molar-refractivity contribution in [3.63, 3.8) is 0 Å². The maximum atomic E-state index is 12.5. The van der Waals surface area contributed by atoms with Gasteiger partial charge in [0.25, 0.3) is 15.9 Å². The molecule has 0 fully saturated rings. The molecule has 0 spiro atoms. The Morgan fingerprint density at radius 1 is 0.862 bits per heavy atom. The molecule has 3 aromatic rings. The van der Waals surface area contributed by atoms with Crippen molar-refractivity contribution < 1.29 is 13.2 Å². The molecule has 0 aliphatic heterocycles. The Labute approximate surface area is 175 Å². The molecule has 5 nitrogen and oxygen atoms in total. The highest BCUT2D eigenvalue weighted by atomic mass is 35.5. The number of benzene rings is 3. The fraction of sp³-hybridized carbons (Fsp3) is 0.136. The summed E-state index contributed by atoms with van der Waals surface area (Å²) in [5.74, 6) is -0.330. The number of sulfonamides is 1. The monoisotopic (exact) mass is 428 g/mol. The maximum absolute atomic E-state index is 12.5. The Balaban J connectivity index is 1.78. The second kappa shape index (κ2) is 8.27. The Bertz CT molecular complexity index is 1170. The van der Waals surface area contributed by atoms with Crippen molar-refractivity contribution >= 4 is 38.9 Å². The second-order valence-corrected chi connectivity index (χ2v) is 8.96. The van der Waals surface area contributed by atoms with E-state index in [1.165, 1.54) is 30.3 Å². The van der Waals surface area contributed by atoms with E-state index in [1.54, 1.807) is 12.1 Å². The van der Waals surface area contributed by atoms with E-state index in [0.29, 0.717) is 11.3 Å². The first-order valence-corrected chi connectivity index (χ1v) is 10.8. The lowest BCUT2D eigenvalue weighted by Crippen LogP contribution is -2.15. The Hall–Kier alpha value is -2.83. The first-order chi connectivity index (χ1) is 13.7. The van der Waals surface area contributed by atoms with Gasteiger partial charge in [-0.2, -0.15) is 0 Å². The normalized spacial score (nSPS) is 11.2. The van der Waals surface area contributed by atoms with Gasteiger partial charge >= 0.3 is 0 Å². The molecule has 1 amide bonds. The first-order valence-electron chi connectivity index (χ1n) is 8.93. The molecule has 0 bridgehead atoms. The minimum atomic E-state index is -3.78. The quantitative estimate of drug-likeness (QED) is 0.577. The van der Waals surface area contributed by atoms with Crippen LogP contribution in [0, 0.1) is 20.8 Å². The fourth-order valence-corrected chi connectivity index (χ4v) is 4.05. The van der Waals surface area contributed by atoms with E-state index >= 15 is 0 Å². The highest BCUT2D eigenvalue weighted by molar-refractivity contribution is 7.92. The van der Waals surface area contributed by atoms with Gasteiger partial charge in [0.1, 0.15) is 0 Å². The molecule has 0 aromatic heterocycles. The fourth-order valence-electron chi connectivity index (χ4n) is 2.68. The minimum Gasteiger partial charge on any atom is -0.322 e. The molecule has 150 valence electrons. The van der Waals surface area contributed by atoms with Crippen molar-refractivity contribution in [3.05, 3.63) is 87.9 Å². The summed E-state index contributed by atoms with van der Waals surface area (Å²) < 4.78 is 27.5. The van der Waals surface area contributed by atoms with E-state index in [-0.39, 0.29) is 21.5 Å². The average Bonchev–Trinajstić information content (AvgIpc) is 2.66. The van der Waals surface area contributed by atoms with E-state index in [1.807, 2.05) is 39.0 Å². The Kier molecular flexibility index (Phi) is 5.96. The van der Waals surface area contributed by atoms with Gasteiger partial charge in [0, 0.05) is 11.3 Å². The van der Waals surface area contributed by atoms with Crippen LogP contribution >= 0.6 is 11.6 Å². The summed E-state index contributed by atoms with van der Waals surface area (Å²) >= 11 is 6.23. The lowest BCUT2D eigenvalue weighted by Gasteiger charge is -2.12. The molecule has 7 heteroatoms. The molecule has 0 unspecified atom stereocenters. The highest BCUT2D eigenvalue weighted by Crippen LogP contribution is 2.26. The minimum absolute atomic E-state index is 0.133. The molecule has 29 heavy (non-hydrogen) atoms. The Morgan fingerprint density at radius 2 is 1.55 bits per heavy atom. The van der Waals surface area contributed by atoms with Gasteiger partial charge in [-0.25, -0.2) is 8.42 Å². The van der Waals surface area contributed by atoms with Crippen molar-refractivity contribution in [2.45, 2.75) is 25.7 Å². The number of amides is 1. The molecule has 0 saturated carbocycles. The molecule has 0 heterocycles. The van der Waals surface area contributed by atoms with Gasteiger partial charge in [0.05, 0.1) is 15.6 Å². The van der Waals surface area contributed by atoms with Crippen LogP contribution in [-0.2, 0) is 10.0 Å². The van der Waals surface area contributed by atoms with Gasteiger partial charge < -0.3 is 5.32 Å². The molecule has 3 rings (SSSR count). The maximum Gasteiger partial charge on any atom is 0.261 e. The van der Waals surface area contributed by atoms with Crippen LogP contribution in [0.5, 0.6) is 0 Å². The van der Waals surface area contributed by atoms with Crippen LogP contribution < -0.4 is 10.0 Å². The van der Waals surface area contributed by atoms with E-state index in [9.17, 15) is 13.2 Å². The van der Waals surface area contributed by atoms with E-state index in [2.05, 4.69) is 10.0 Å². The number of hydrogen-bond acceptors (Lipinski definition) is 3. The predicted octanol–water partition coefficient (Wildman–Crippen LogP) is 5.32. The van der Waals surface area contributed by atoms with Gasteiger partial charge in [-0.05, 0) is 74.4 Å². The van der Waals surface area contributed by atoms with Crippen molar-refractivity contribution in [1.82, 2.24) is 0 Å². The van der Waals surface area contributed by atoms with Gasteiger partial charge in [0.15, 0.2) is 0 Å². The third-order valence-electron chi connectivity index (χ3n) is 4.57. The van der Waals surface area contributed by atoms with Gasteiger partial charge in [-0.1, -0.05) is 35.4 Å². The smallest absolute Gasteiger partial charge is 0.261 e. The molecule has 0 atom stereocenters. The van der Waals surface area contributed by atoms with Crippen molar-refractivity contribution in [2.75, 3.05) is 10.0 Å². The molecule has 0 radical (unpaired) electrons. The van der Waals surface area contributed by atoms with Gasteiger partial charge in [-0.3, -0.25) is 9.52 Å². The zero-order chi connectivity index (χ0) is 21.2. The molecule has 2 N–H and O–H groups in total. The van der Waals surface area contributed by atoms with Crippen molar-refractivity contribution in [2.24, 2.45) is 0 Å². The zero-order valence-electron chi connectivity index (χ0n) is 16.3. The number of carbonyl (C=O) groups is 1. The van der Waals surface area contributed by atoms with Crippen molar-refractivity contribution in [1.29, 1.82) is 0 Å². The van der Waals surface area contributed by atoms with Gasteiger partial charge in [-0.15, -0.1) is 0 Å². The predicted molar refractivity (Wildman–Crippen MR) is 117 cm³/mol. The van der Waals surface area contributed by atoms with Crippen molar-refractivity contribution in [3.8, 4) is 0 Å². The number of nitrogens with one attached hydrogen (secondary N) is 2. The molecule has 0 saturated heterocycles. The van der Waals surface area contributed by atoms with Crippen LogP contribution in [-0.4, -0.2) is 14.3 Å². The third-order valence-corrected chi connectivity index (χ3v) is 6.27. The SMILES string of the molecule is Cc1ccc(S(=O)(=O)Nc2ccc(C(=O)Nc3ccc(C)c(C)c3)cc2Cl)cc1. The number of halogens is 1. The zero-order valence-corrected chi connectivity index (χ0v) is 17.9. The molecule has 0 aliphatic rings. The lowest BCUT2D eigenvalue weighted by atomic mass is 10.1. The number of rotatable bonds is 5. The number of hydrogen-bond donors (Lipinski definition) is 2. The van der Waals surface area contributed by atoms with E-state index < -0.39 is 10.0 Å². The highest BCUT2D eigenvalue weighted by Gasteiger charge is 2.17. The largest absolute Gasteiger partial charge is 0.322 e. The van der Waals surface area contributed by atoms with E-state index in [4.69, 9.17) is 11.6 Å². The van der Waals surface area contributed by atoms with Crippen LogP contribution in [0.15, 0.2) is 65.6 Å². The summed E-state index contributed by atoms with van der Waals surface area (Å²) in [5, 5.41) is 2.95. The van der Waals surface area contributed by atoms with Gasteiger partial charge in [0.2, 0.25) is 0 Å². The van der Waals surface area contributed by atoms with Crippen LogP contribution in [0.4, 0.5) is 11.4 Å². The summed E-state index contributed by atoms with van der Waals surface area (Å²) in [6, 6.07) is 16.6. The van der Waals surface area contributed by atoms with Crippen LogP contribution in [0.2, 0.25) is 5.02 Å². The first kappa shape index (κ1) is 20.9. The topological polar surface area (TPSA) is 75.3 Å². The number of anilines is 2. The lowest BCUT2D eigenvalue weighted by molar-refractivity contribution is 0.102. The molecular weight excluding hydrogens is 408 g/mol. The summed E-state index contributed by atoms with van der Waals surface area (Å²) in [6.45, 7) is 5.84. The standard InChI is InChI=1S/C22H21ClN2O3S/c1-14-4-9-19(10-5-14)29(27,28)25-21-11-7-17(13-20(21)23)22(26)24-18-8-6-15(2)16(3)12-18/h4-13,25H,1-3H3,(H,24,26). The number of aryl methyl sites for hydroxylation is 3. The van der Waals surface area contributed by atoms with Crippen LogP contribution in [0.3, 0.4) is 0 Å². The van der Waals surface area contributed by atoms with Crippen LogP contribution in [0.25, 0.3) is 0 Å². The molecule has 0 aliphatic carbocycles. The Morgan fingerprint density at radius 3 is 2.17 bits per heavy atom. The van der Waals surface area contributed by atoms with E-state index in [0.717, 1.165) is 16.7 Å². The average molecular weight is 429 g/mol. The van der Waals surface area contributed by atoms with Crippen LogP contribution in [0.1, 0.15) is 27.0 Å². The summed E-state index contributed by atoms with van der Waals surface area (Å²) in [5.41, 5.74) is 4.37. The molecular formula is C22H21ClN2O3S.